The predicted molar refractivity (Wildman–Crippen MR) is 51.4 cm³/mol. The summed E-state index contributed by atoms with van der Waals surface area (Å²) >= 11 is 0. The van der Waals surface area contributed by atoms with E-state index in [-0.39, 0.29) is 5.56 Å². The van der Waals surface area contributed by atoms with Gasteiger partial charge < -0.3 is 4.42 Å². The number of carbonyl (C=O) groups is 1. The van der Waals surface area contributed by atoms with Crippen LogP contribution in [0.1, 0.15) is 10.4 Å². The summed E-state index contributed by atoms with van der Waals surface area (Å²) in [6, 6.07) is 5.96. The zero-order valence-electron chi connectivity index (χ0n) is 7.85. The topological polar surface area (TPSA) is 76.0 Å². The van der Waals surface area contributed by atoms with Gasteiger partial charge in [-0.3, -0.25) is 9.36 Å². The molecule has 1 aromatic carbocycles. The average molecular weight is 202 g/mol. The summed E-state index contributed by atoms with van der Waals surface area (Å²) in [5, 5.41) is 8.42. The maximum Gasteiger partial charge on any atom is 0.419 e. The van der Waals surface area contributed by atoms with Crippen molar-refractivity contribution in [2.45, 2.75) is 0 Å². The Morgan fingerprint density at radius 2 is 2.27 bits per heavy atom. The lowest BCUT2D eigenvalue weighted by molar-refractivity contribution is 0.105. The van der Waals surface area contributed by atoms with Crippen LogP contribution in [-0.2, 0) is 7.05 Å². The molecule has 0 bridgehead atoms. The lowest BCUT2D eigenvalue weighted by Gasteiger charge is -1.93. The van der Waals surface area contributed by atoms with Crippen LogP contribution in [0, 0.1) is 11.3 Å². The molecule has 5 heteroatoms. The summed E-state index contributed by atoms with van der Waals surface area (Å²) in [6.07, 6.45) is 0. The zero-order valence-corrected chi connectivity index (χ0v) is 7.85. The number of hydrogen-bond acceptors (Lipinski definition) is 4. The van der Waals surface area contributed by atoms with Crippen LogP contribution in [-0.4, -0.2) is 10.4 Å². The fraction of sp³-hybridized carbons (Fsp3) is 0.100. The molecular formula is C10H6N2O3. The van der Waals surface area contributed by atoms with Crippen LogP contribution in [0.3, 0.4) is 0 Å². The Kier molecular flexibility index (Phi) is 1.90. The largest absolute Gasteiger partial charge is 0.419 e. The van der Waals surface area contributed by atoms with Gasteiger partial charge in [-0.05, 0) is 18.2 Å². The van der Waals surface area contributed by atoms with Crippen molar-refractivity contribution >= 4 is 16.9 Å². The molecule has 5 nitrogen and oxygen atoms in total. The first-order chi connectivity index (χ1) is 7.13. The Morgan fingerprint density at radius 1 is 1.53 bits per heavy atom. The van der Waals surface area contributed by atoms with Crippen LogP contribution in [0.15, 0.2) is 27.4 Å². The van der Waals surface area contributed by atoms with Gasteiger partial charge in [0.05, 0.1) is 5.52 Å². The molecule has 0 aliphatic rings. The van der Waals surface area contributed by atoms with E-state index in [1.165, 1.54) is 22.8 Å². The number of aryl methyl sites for hydroxylation is 1. The summed E-state index contributed by atoms with van der Waals surface area (Å²) in [6.45, 7) is 0. The van der Waals surface area contributed by atoms with Crippen molar-refractivity contribution < 1.29 is 9.21 Å². The third kappa shape index (κ3) is 1.32. The number of oxazole rings is 1. The van der Waals surface area contributed by atoms with Gasteiger partial charge in [0.25, 0.3) is 5.78 Å². The van der Waals surface area contributed by atoms with Gasteiger partial charge in [0.15, 0.2) is 5.58 Å². The lowest BCUT2D eigenvalue weighted by Crippen LogP contribution is -2.08. The van der Waals surface area contributed by atoms with E-state index in [9.17, 15) is 9.59 Å². The van der Waals surface area contributed by atoms with Gasteiger partial charge in [-0.2, -0.15) is 5.26 Å². The van der Waals surface area contributed by atoms with E-state index < -0.39 is 11.5 Å². The van der Waals surface area contributed by atoms with Crippen LogP contribution in [0.4, 0.5) is 0 Å². The van der Waals surface area contributed by atoms with E-state index >= 15 is 0 Å². The van der Waals surface area contributed by atoms with Crippen molar-refractivity contribution in [2.24, 2.45) is 7.05 Å². The second kappa shape index (κ2) is 3.10. The number of rotatable bonds is 1. The van der Waals surface area contributed by atoms with Crippen molar-refractivity contribution in [1.82, 2.24) is 4.57 Å². The Hall–Kier alpha value is -2.35. The van der Waals surface area contributed by atoms with Gasteiger partial charge in [0.1, 0.15) is 6.07 Å². The summed E-state index contributed by atoms with van der Waals surface area (Å²) < 4.78 is 6.21. The summed E-state index contributed by atoms with van der Waals surface area (Å²) in [5.41, 5.74) is 1.12. The lowest BCUT2D eigenvalue weighted by atomic mass is 10.1. The summed E-state index contributed by atoms with van der Waals surface area (Å²) in [5.74, 6) is -1.14. The fourth-order valence-corrected chi connectivity index (χ4v) is 1.34. The molecule has 0 N–H and O–H groups in total. The van der Waals surface area contributed by atoms with Crippen molar-refractivity contribution in [1.29, 1.82) is 5.26 Å². The molecule has 0 saturated carbocycles. The molecule has 0 atom stereocenters. The highest BCUT2D eigenvalue weighted by Gasteiger charge is 2.09. The molecule has 1 heterocycles. The fourth-order valence-electron chi connectivity index (χ4n) is 1.34. The number of ketones is 1. The van der Waals surface area contributed by atoms with E-state index in [1.807, 2.05) is 0 Å². The van der Waals surface area contributed by atoms with E-state index in [2.05, 4.69) is 0 Å². The van der Waals surface area contributed by atoms with Gasteiger partial charge in [-0.25, -0.2) is 4.79 Å². The zero-order chi connectivity index (χ0) is 11.0. The first kappa shape index (κ1) is 9.21. The Labute approximate surface area is 84.1 Å². The third-order valence-corrected chi connectivity index (χ3v) is 2.16. The minimum atomic E-state index is -0.650. The Morgan fingerprint density at radius 3 is 2.93 bits per heavy atom. The highest BCUT2D eigenvalue weighted by Crippen LogP contribution is 2.14. The molecule has 0 spiro atoms. The number of hydrogen-bond donors (Lipinski definition) is 0. The number of carbonyl (C=O) groups excluding carboxylic acids is 1. The Balaban J connectivity index is 2.74. The number of nitrogens with zero attached hydrogens (tertiary/aromatic N) is 2. The molecule has 0 saturated heterocycles. The molecule has 0 aliphatic heterocycles. The number of nitriles is 1. The quantitative estimate of drug-likeness (QED) is 0.507. The number of benzene rings is 1. The molecule has 2 rings (SSSR count). The Bertz CT molecular complexity index is 643. The van der Waals surface area contributed by atoms with Gasteiger partial charge in [0, 0.05) is 12.6 Å². The van der Waals surface area contributed by atoms with E-state index in [4.69, 9.17) is 9.68 Å². The van der Waals surface area contributed by atoms with E-state index in [0.29, 0.717) is 11.1 Å². The molecular weight excluding hydrogens is 196 g/mol. The highest BCUT2D eigenvalue weighted by atomic mass is 16.4. The highest BCUT2D eigenvalue weighted by molar-refractivity contribution is 6.08. The number of fused-ring (bicyclic) bond motifs is 1. The molecule has 15 heavy (non-hydrogen) atoms. The van der Waals surface area contributed by atoms with E-state index in [0.717, 1.165) is 0 Å². The van der Waals surface area contributed by atoms with Crippen LogP contribution in [0.5, 0.6) is 0 Å². The van der Waals surface area contributed by atoms with Crippen molar-refractivity contribution in [3.8, 4) is 6.07 Å². The molecule has 0 unspecified atom stereocenters. The smallest absolute Gasteiger partial charge is 0.408 e. The molecule has 2 aromatic rings. The second-order valence-electron chi connectivity index (χ2n) is 3.05. The molecule has 1 aromatic heterocycles. The number of Topliss-reactive ketones (excluding diaryl/α,β-unsaturated/α-hetero) is 1. The van der Waals surface area contributed by atoms with Crippen molar-refractivity contribution in [3.63, 3.8) is 0 Å². The summed E-state index contributed by atoms with van der Waals surface area (Å²) in [4.78, 5) is 22.2. The SMILES string of the molecule is Cn1c(=O)oc2cc(C(=O)C#N)ccc21. The normalized spacial score (nSPS) is 10.1. The first-order valence-electron chi connectivity index (χ1n) is 4.17. The molecule has 0 radical (unpaired) electrons. The monoisotopic (exact) mass is 202 g/mol. The summed E-state index contributed by atoms with van der Waals surface area (Å²) in [7, 11) is 1.57. The van der Waals surface area contributed by atoms with Crippen molar-refractivity contribution in [2.75, 3.05) is 0 Å². The molecule has 0 aliphatic carbocycles. The van der Waals surface area contributed by atoms with Crippen LogP contribution in [0.2, 0.25) is 0 Å². The van der Waals surface area contributed by atoms with E-state index in [1.54, 1.807) is 13.1 Å². The minimum Gasteiger partial charge on any atom is -0.408 e. The molecule has 0 amide bonds. The van der Waals surface area contributed by atoms with Crippen molar-refractivity contribution in [3.05, 3.63) is 34.3 Å². The minimum absolute atomic E-state index is 0.222. The second-order valence-corrected chi connectivity index (χ2v) is 3.05. The van der Waals surface area contributed by atoms with Crippen LogP contribution in [0.25, 0.3) is 11.1 Å². The van der Waals surface area contributed by atoms with Gasteiger partial charge in [0.2, 0.25) is 0 Å². The molecule has 74 valence electrons. The first-order valence-corrected chi connectivity index (χ1v) is 4.17. The predicted octanol–water partition coefficient (Wildman–Crippen LogP) is 0.838. The van der Waals surface area contributed by atoms with Gasteiger partial charge in [-0.15, -0.1) is 0 Å². The van der Waals surface area contributed by atoms with Crippen LogP contribution < -0.4 is 5.76 Å². The van der Waals surface area contributed by atoms with Crippen LogP contribution >= 0.6 is 0 Å². The third-order valence-electron chi connectivity index (χ3n) is 2.16. The molecule has 0 fully saturated rings. The maximum absolute atomic E-state index is 11.1. The average Bonchev–Trinajstić information content (AvgIpc) is 2.53. The van der Waals surface area contributed by atoms with Gasteiger partial charge in [-0.1, -0.05) is 0 Å². The van der Waals surface area contributed by atoms with Gasteiger partial charge >= 0.3 is 5.76 Å². The number of aromatic nitrogens is 1. The maximum atomic E-state index is 11.1. The standard InChI is InChI=1S/C10H6N2O3/c1-12-7-3-2-6(8(13)5-11)4-9(7)15-10(12)14/h2-4H,1H3.